The van der Waals surface area contributed by atoms with E-state index in [0.717, 1.165) is 4.47 Å². The van der Waals surface area contributed by atoms with Crippen LogP contribution in [-0.4, -0.2) is 0 Å². The first-order valence-electron chi connectivity index (χ1n) is 7.23. The zero-order chi connectivity index (χ0) is 14.4. The molecule has 1 aliphatic rings. The van der Waals surface area contributed by atoms with E-state index in [4.69, 9.17) is 0 Å². The van der Waals surface area contributed by atoms with Gasteiger partial charge in [-0.3, -0.25) is 0 Å². The summed E-state index contributed by atoms with van der Waals surface area (Å²) >= 11 is 3.59. The van der Waals surface area contributed by atoms with E-state index in [9.17, 15) is 0 Å². The summed E-state index contributed by atoms with van der Waals surface area (Å²) in [5.41, 5.74) is 5.52. The van der Waals surface area contributed by atoms with Crippen LogP contribution < -0.4 is 0 Å². The van der Waals surface area contributed by atoms with E-state index in [0.29, 0.717) is 5.92 Å². The van der Waals surface area contributed by atoms with Crippen molar-refractivity contribution in [3.8, 4) is 0 Å². The normalized spacial score (nSPS) is 16.9. The predicted molar refractivity (Wildman–Crippen MR) is 94.4 cm³/mol. The fourth-order valence-electron chi connectivity index (χ4n) is 3.30. The molecule has 3 aromatic carbocycles. The average molecular weight is 335 g/mol. The number of rotatable bonds is 1. The van der Waals surface area contributed by atoms with Crippen molar-refractivity contribution in [2.45, 2.75) is 12.8 Å². The van der Waals surface area contributed by atoms with E-state index in [1.54, 1.807) is 0 Å². The average Bonchev–Trinajstić information content (AvgIpc) is 2.83. The SMILES string of the molecule is CC1C(c2cccc3ccccc23)=Cc2ccc(Br)cc21. The minimum absolute atomic E-state index is 0.434. The lowest BCUT2D eigenvalue weighted by molar-refractivity contribution is 1.01. The molecule has 0 nitrogen and oxygen atoms in total. The summed E-state index contributed by atoms with van der Waals surface area (Å²) in [5.74, 6) is 0.434. The van der Waals surface area contributed by atoms with Crippen LogP contribution in [0.3, 0.4) is 0 Å². The summed E-state index contributed by atoms with van der Waals surface area (Å²) in [6, 6.07) is 21.8. The van der Waals surface area contributed by atoms with Gasteiger partial charge >= 0.3 is 0 Å². The van der Waals surface area contributed by atoms with Gasteiger partial charge in [0.15, 0.2) is 0 Å². The van der Waals surface area contributed by atoms with Crippen molar-refractivity contribution in [2.75, 3.05) is 0 Å². The summed E-state index contributed by atoms with van der Waals surface area (Å²) in [6.45, 7) is 2.30. The summed E-state index contributed by atoms with van der Waals surface area (Å²) < 4.78 is 1.15. The molecule has 0 bridgehead atoms. The molecule has 0 aliphatic heterocycles. The number of hydrogen-bond acceptors (Lipinski definition) is 0. The molecule has 0 fully saturated rings. The monoisotopic (exact) mass is 334 g/mol. The third-order valence-electron chi connectivity index (χ3n) is 4.39. The standard InChI is InChI=1S/C20H15Br/c1-13-19-12-16(21)10-9-15(19)11-20(13)18-8-4-6-14-5-2-3-7-17(14)18/h2-13H,1H3. The second kappa shape index (κ2) is 4.85. The molecule has 1 unspecified atom stereocenters. The lowest BCUT2D eigenvalue weighted by Crippen LogP contribution is -1.94. The van der Waals surface area contributed by atoms with Gasteiger partial charge in [0, 0.05) is 10.4 Å². The van der Waals surface area contributed by atoms with E-state index < -0.39 is 0 Å². The fourth-order valence-corrected chi connectivity index (χ4v) is 3.68. The highest BCUT2D eigenvalue weighted by atomic mass is 79.9. The Bertz CT molecular complexity index is 869. The zero-order valence-corrected chi connectivity index (χ0v) is 13.4. The molecule has 0 saturated heterocycles. The number of benzene rings is 3. The lowest BCUT2D eigenvalue weighted by atomic mass is 9.90. The van der Waals surface area contributed by atoms with Gasteiger partial charge in [-0.05, 0) is 45.2 Å². The Kier molecular flexibility index (Phi) is 2.97. The quantitative estimate of drug-likeness (QED) is 0.492. The van der Waals surface area contributed by atoms with Gasteiger partial charge in [-0.1, -0.05) is 77.5 Å². The molecule has 0 radical (unpaired) electrons. The third kappa shape index (κ3) is 2.04. The highest BCUT2D eigenvalue weighted by Crippen LogP contribution is 2.44. The molecule has 0 saturated carbocycles. The molecule has 0 aromatic heterocycles. The second-order valence-electron chi connectivity index (χ2n) is 5.62. The third-order valence-corrected chi connectivity index (χ3v) is 4.89. The Morgan fingerprint density at radius 2 is 1.71 bits per heavy atom. The number of hydrogen-bond donors (Lipinski definition) is 0. The zero-order valence-electron chi connectivity index (χ0n) is 11.8. The minimum atomic E-state index is 0.434. The highest BCUT2D eigenvalue weighted by molar-refractivity contribution is 9.10. The maximum Gasteiger partial charge on any atom is 0.0178 e. The van der Waals surface area contributed by atoms with Crippen LogP contribution in [0.5, 0.6) is 0 Å². The van der Waals surface area contributed by atoms with E-state index in [1.165, 1.54) is 33.0 Å². The summed E-state index contributed by atoms with van der Waals surface area (Å²) in [6.07, 6.45) is 2.34. The molecule has 1 aliphatic carbocycles. The Labute approximate surface area is 133 Å². The van der Waals surface area contributed by atoms with Crippen molar-refractivity contribution in [3.05, 3.63) is 81.8 Å². The Hall–Kier alpha value is -1.86. The van der Waals surface area contributed by atoms with Crippen molar-refractivity contribution in [2.24, 2.45) is 0 Å². The predicted octanol–water partition coefficient (Wildman–Crippen LogP) is 6.26. The molecule has 4 rings (SSSR count). The molecular formula is C20H15Br. The smallest absolute Gasteiger partial charge is 0.0178 e. The molecule has 102 valence electrons. The molecule has 0 N–H and O–H groups in total. The molecule has 21 heavy (non-hydrogen) atoms. The van der Waals surface area contributed by atoms with Gasteiger partial charge in [-0.25, -0.2) is 0 Å². The number of halogens is 1. The maximum absolute atomic E-state index is 3.59. The Morgan fingerprint density at radius 1 is 0.905 bits per heavy atom. The Morgan fingerprint density at radius 3 is 2.62 bits per heavy atom. The van der Waals surface area contributed by atoms with Crippen molar-refractivity contribution >= 4 is 38.4 Å². The van der Waals surface area contributed by atoms with Gasteiger partial charge in [0.1, 0.15) is 0 Å². The van der Waals surface area contributed by atoms with Gasteiger partial charge in [0.05, 0.1) is 0 Å². The molecule has 0 spiro atoms. The van der Waals surface area contributed by atoms with Gasteiger partial charge in [0.25, 0.3) is 0 Å². The van der Waals surface area contributed by atoms with Crippen molar-refractivity contribution in [3.63, 3.8) is 0 Å². The van der Waals surface area contributed by atoms with Crippen LogP contribution in [0.4, 0.5) is 0 Å². The van der Waals surface area contributed by atoms with Crippen LogP contribution in [0, 0.1) is 0 Å². The van der Waals surface area contributed by atoms with E-state index in [-0.39, 0.29) is 0 Å². The topological polar surface area (TPSA) is 0 Å². The first-order valence-corrected chi connectivity index (χ1v) is 8.02. The van der Waals surface area contributed by atoms with Crippen LogP contribution in [0.15, 0.2) is 65.1 Å². The first-order chi connectivity index (χ1) is 10.2. The highest BCUT2D eigenvalue weighted by Gasteiger charge is 2.23. The van der Waals surface area contributed by atoms with Crippen LogP contribution >= 0.6 is 15.9 Å². The van der Waals surface area contributed by atoms with E-state index in [2.05, 4.69) is 89.6 Å². The maximum atomic E-state index is 3.59. The van der Waals surface area contributed by atoms with Crippen molar-refractivity contribution in [1.82, 2.24) is 0 Å². The Balaban J connectivity index is 1.92. The van der Waals surface area contributed by atoms with Crippen molar-refractivity contribution in [1.29, 1.82) is 0 Å². The minimum Gasteiger partial charge on any atom is -0.0616 e. The molecule has 1 atom stereocenters. The van der Waals surface area contributed by atoms with Gasteiger partial charge in [-0.15, -0.1) is 0 Å². The van der Waals surface area contributed by atoms with E-state index >= 15 is 0 Å². The number of allylic oxidation sites excluding steroid dienone is 1. The van der Waals surface area contributed by atoms with Gasteiger partial charge in [0.2, 0.25) is 0 Å². The summed E-state index contributed by atoms with van der Waals surface area (Å²) in [5, 5.41) is 2.64. The molecule has 0 amide bonds. The molecule has 3 aromatic rings. The van der Waals surface area contributed by atoms with Crippen LogP contribution in [0.25, 0.3) is 22.4 Å². The van der Waals surface area contributed by atoms with Crippen LogP contribution in [0.2, 0.25) is 0 Å². The number of fused-ring (bicyclic) bond motifs is 2. The van der Waals surface area contributed by atoms with E-state index in [1.807, 2.05) is 0 Å². The van der Waals surface area contributed by atoms with Crippen molar-refractivity contribution < 1.29 is 0 Å². The largest absolute Gasteiger partial charge is 0.0616 e. The molecular weight excluding hydrogens is 320 g/mol. The van der Waals surface area contributed by atoms with Crippen LogP contribution in [0.1, 0.15) is 29.5 Å². The van der Waals surface area contributed by atoms with Crippen LogP contribution in [-0.2, 0) is 0 Å². The molecule has 0 heterocycles. The summed E-state index contributed by atoms with van der Waals surface area (Å²) in [4.78, 5) is 0. The first kappa shape index (κ1) is 12.8. The second-order valence-corrected chi connectivity index (χ2v) is 6.54. The fraction of sp³-hybridized carbons (Fsp3) is 0.100. The molecule has 1 heteroatoms. The summed E-state index contributed by atoms with van der Waals surface area (Å²) in [7, 11) is 0. The van der Waals surface area contributed by atoms with Gasteiger partial charge < -0.3 is 0 Å². The van der Waals surface area contributed by atoms with Gasteiger partial charge in [-0.2, -0.15) is 0 Å². The lowest BCUT2D eigenvalue weighted by Gasteiger charge is -2.14.